The number of benzene rings is 3. The van der Waals surface area contributed by atoms with Gasteiger partial charge in [-0.1, -0.05) is 78.5 Å². The number of carbonyl (C=O) groups is 1. The van der Waals surface area contributed by atoms with Crippen molar-refractivity contribution in [2.24, 2.45) is 0 Å². The molecule has 146 valence electrons. The predicted octanol–water partition coefficient (Wildman–Crippen LogP) is 4.91. The maximum Gasteiger partial charge on any atom is 0.237 e. The van der Waals surface area contributed by atoms with E-state index in [-0.39, 0.29) is 11.2 Å². The molecule has 1 N–H and O–H groups in total. The lowest BCUT2D eigenvalue weighted by Crippen LogP contribution is -2.23. The lowest BCUT2D eigenvalue weighted by atomic mass is 10.1. The Labute approximate surface area is 174 Å². The molecule has 0 aliphatic heterocycles. The summed E-state index contributed by atoms with van der Waals surface area (Å²) in [4.78, 5) is 12.8. The predicted molar refractivity (Wildman–Crippen MR) is 118 cm³/mol. The highest BCUT2D eigenvalue weighted by atomic mass is 32.2. The monoisotopic (exact) mass is 402 g/mol. The van der Waals surface area contributed by atoms with Crippen LogP contribution in [0.1, 0.15) is 18.3 Å². The number of anilines is 1. The van der Waals surface area contributed by atoms with Crippen molar-refractivity contribution < 1.29 is 4.79 Å². The Morgan fingerprint density at radius 2 is 1.72 bits per heavy atom. The molecular weight excluding hydrogens is 380 g/mol. The van der Waals surface area contributed by atoms with E-state index in [1.807, 2.05) is 79.1 Å². The van der Waals surface area contributed by atoms with Crippen molar-refractivity contribution in [3.05, 3.63) is 84.2 Å². The molecule has 0 saturated heterocycles. The fourth-order valence-corrected chi connectivity index (χ4v) is 4.07. The minimum atomic E-state index is -0.313. The van der Waals surface area contributed by atoms with Crippen LogP contribution < -0.4 is 5.32 Å². The van der Waals surface area contributed by atoms with E-state index >= 15 is 0 Å². The summed E-state index contributed by atoms with van der Waals surface area (Å²) in [6.45, 7) is 4.50. The first-order chi connectivity index (χ1) is 14.1. The van der Waals surface area contributed by atoms with E-state index in [0.29, 0.717) is 6.54 Å². The summed E-state index contributed by atoms with van der Waals surface area (Å²) in [6, 6.07) is 24.1. The van der Waals surface area contributed by atoms with E-state index < -0.39 is 0 Å². The van der Waals surface area contributed by atoms with E-state index in [4.69, 9.17) is 0 Å². The quantitative estimate of drug-likeness (QED) is 0.466. The van der Waals surface area contributed by atoms with Crippen molar-refractivity contribution in [1.29, 1.82) is 0 Å². The summed E-state index contributed by atoms with van der Waals surface area (Å²) in [6.07, 6.45) is 0. The van der Waals surface area contributed by atoms with Gasteiger partial charge in [-0.25, -0.2) is 0 Å². The molecule has 5 nitrogen and oxygen atoms in total. The molecule has 0 bridgehead atoms. The molecular formula is C23H22N4OS. The Hall–Kier alpha value is -3.12. The highest BCUT2D eigenvalue weighted by Gasteiger charge is 2.20. The molecule has 1 aromatic heterocycles. The van der Waals surface area contributed by atoms with Gasteiger partial charge in [0, 0.05) is 11.1 Å². The lowest BCUT2D eigenvalue weighted by Gasteiger charge is -2.14. The highest BCUT2D eigenvalue weighted by molar-refractivity contribution is 8.00. The van der Waals surface area contributed by atoms with Crippen molar-refractivity contribution in [3.63, 3.8) is 0 Å². The molecule has 0 aliphatic rings. The van der Waals surface area contributed by atoms with Gasteiger partial charge in [0.05, 0.1) is 11.8 Å². The SMILES string of the molecule is Cc1nnc(SC(C)C(=O)Nc2cccc3ccccc23)n1Cc1ccccc1. The van der Waals surface area contributed by atoms with Crippen molar-refractivity contribution in [3.8, 4) is 0 Å². The highest BCUT2D eigenvalue weighted by Crippen LogP contribution is 2.27. The average Bonchev–Trinajstić information content (AvgIpc) is 3.08. The second-order valence-corrected chi connectivity index (χ2v) is 8.19. The number of fused-ring (bicyclic) bond motifs is 1. The van der Waals surface area contributed by atoms with Gasteiger partial charge < -0.3 is 9.88 Å². The maximum absolute atomic E-state index is 12.8. The summed E-state index contributed by atoms with van der Waals surface area (Å²) in [5, 5.41) is 14.1. The summed E-state index contributed by atoms with van der Waals surface area (Å²) < 4.78 is 2.04. The smallest absolute Gasteiger partial charge is 0.237 e. The Morgan fingerprint density at radius 1 is 1.00 bits per heavy atom. The third-order valence-electron chi connectivity index (χ3n) is 4.78. The molecule has 4 aromatic rings. The molecule has 3 aromatic carbocycles. The normalized spacial score (nSPS) is 12.1. The van der Waals surface area contributed by atoms with Crippen LogP contribution in [0.3, 0.4) is 0 Å². The van der Waals surface area contributed by atoms with Crippen LogP contribution in [0.15, 0.2) is 78.0 Å². The van der Waals surface area contributed by atoms with E-state index in [0.717, 1.165) is 27.4 Å². The lowest BCUT2D eigenvalue weighted by molar-refractivity contribution is -0.115. The summed E-state index contributed by atoms with van der Waals surface area (Å²) >= 11 is 1.42. The molecule has 0 saturated carbocycles. The minimum Gasteiger partial charge on any atom is -0.325 e. The Morgan fingerprint density at radius 3 is 2.55 bits per heavy atom. The summed E-state index contributed by atoms with van der Waals surface area (Å²) in [7, 11) is 0. The van der Waals surface area contributed by atoms with Crippen molar-refractivity contribution >= 4 is 34.1 Å². The van der Waals surface area contributed by atoms with Gasteiger partial charge in [0.2, 0.25) is 5.91 Å². The molecule has 1 amide bonds. The number of nitrogens with one attached hydrogen (secondary N) is 1. The van der Waals surface area contributed by atoms with Gasteiger partial charge in [0.25, 0.3) is 0 Å². The second kappa shape index (κ2) is 8.49. The standard InChI is InChI=1S/C23H22N4OS/c1-16(22(28)24-21-14-8-12-19-11-6-7-13-20(19)21)29-23-26-25-17(2)27(23)15-18-9-4-3-5-10-18/h3-14,16H,15H2,1-2H3,(H,24,28). The number of hydrogen-bond acceptors (Lipinski definition) is 4. The van der Waals surface area contributed by atoms with Crippen molar-refractivity contribution in [2.75, 3.05) is 5.32 Å². The largest absolute Gasteiger partial charge is 0.325 e. The first-order valence-corrected chi connectivity index (χ1v) is 10.4. The van der Waals surface area contributed by atoms with Crippen LogP contribution in [0, 0.1) is 6.92 Å². The molecule has 29 heavy (non-hydrogen) atoms. The van der Waals surface area contributed by atoms with Crippen molar-refractivity contribution in [1.82, 2.24) is 14.8 Å². The summed E-state index contributed by atoms with van der Waals surface area (Å²) in [5.74, 6) is 0.774. The maximum atomic E-state index is 12.8. The Kier molecular flexibility index (Phi) is 5.62. The Bertz CT molecular complexity index is 1130. The van der Waals surface area contributed by atoms with Crippen LogP contribution in [-0.4, -0.2) is 25.9 Å². The molecule has 1 unspecified atom stereocenters. The molecule has 0 fully saturated rings. The van der Waals surface area contributed by atoms with Gasteiger partial charge in [-0.15, -0.1) is 10.2 Å². The fourth-order valence-electron chi connectivity index (χ4n) is 3.18. The number of aryl methyl sites for hydroxylation is 1. The number of hydrogen-bond donors (Lipinski definition) is 1. The fraction of sp³-hybridized carbons (Fsp3) is 0.174. The third kappa shape index (κ3) is 4.32. The van der Waals surface area contributed by atoms with E-state index in [2.05, 4.69) is 27.6 Å². The molecule has 0 radical (unpaired) electrons. The summed E-state index contributed by atoms with van der Waals surface area (Å²) in [5.41, 5.74) is 1.99. The van der Waals surface area contributed by atoms with Gasteiger partial charge in [-0.2, -0.15) is 0 Å². The molecule has 1 atom stereocenters. The number of amides is 1. The average molecular weight is 403 g/mol. The molecule has 0 spiro atoms. The van der Waals surface area contributed by atoms with E-state index in [1.165, 1.54) is 17.3 Å². The van der Waals surface area contributed by atoms with Crippen LogP contribution in [0.2, 0.25) is 0 Å². The molecule has 6 heteroatoms. The van der Waals surface area contributed by atoms with E-state index in [9.17, 15) is 4.79 Å². The molecule has 0 aliphatic carbocycles. The number of thioether (sulfide) groups is 1. The van der Waals surface area contributed by atoms with Crippen LogP contribution in [-0.2, 0) is 11.3 Å². The van der Waals surface area contributed by atoms with Crippen LogP contribution in [0.4, 0.5) is 5.69 Å². The third-order valence-corrected chi connectivity index (χ3v) is 5.86. The van der Waals surface area contributed by atoms with Crippen LogP contribution >= 0.6 is 11.8 Å². The molecule has 4 rings (SSSR count). The van der Waals surface area contributed by atoms with Crippen molar-refractivity contribution in [2.45, 2.75) is 30.8 Å². The first kappa shape index (κ1) is 19.2. The van der Waals surface area contributed by atoms with Gasteiger partial charge in [0.1, 0.15) is 5.82 Å². The van der Waals surface area contributed by atoms with Crippen LogP contribution in [0.5, 0.6) is 0 Å². The Balaban J connectivity index is 1.49. The van der Waals surface area contributed by atoms with Crippen LogP contribution in [0.25, 0.3) is 10.8 Å². The zero-order chi connectivity index (χ0) is 20.2. The number of rotatable bonds is 6. The number of carbonyl (C=O) groups excluding carboxylic acids is 1. The first-order valence-electron chi connectivity index (χ1n) is 9.51. The van der Waals surface area contributed by atoms with Gasteiger partial charge in [0.15, 0.2) is 5.16 Å². The second-order valence-electron chi connectivity index (χ2n) is 6.88. The number of nitrogens with zero attached hydrogens (tertiary/aromatic N) is 3. The molecule has 1 heterocycles. The van der Waals surface area contributed by atoms with Gasteiger partial charge in [-0.3, -0.25) is 4.79 Å². The zero-order valence-corrected chi connectivity index (χ0v) is 17.2. The van der Waals surface area contributed by atoms with E-state index in [1.54, 1.807) is 0 Å². The zero-order valence-electron chi connectivity index (χ0n) is 16.4. The van der Waals surface area contributed by atoms with Gasteiger partial charge >= 0.3 is 0 Å². The number of aromatic nitrogens is 3. The minimum absolute atomic E-state index is 0.0572. The van der Waals surface area contributed by atoms with Gasteiger partial charge in [-0.05, 0) is 30.9 Å². The topological polar surface area (TPSA) is 59.8 Å².